The fourth-order valence-electron chi connectivity index (χ4n) is 4.27. The van der Waals surface area contributed by atoms with Gasteiger partial charge in [0, 0.05) is 0 Å². The Hall–Kier alpha value is -1.51. The van der Waals surface area contributed by atoms with Crippen LogP contribution in [-0.2, 0) is 11.2 Å². The van der Waals surface area contributed by atoms with E-state index in [9.17, 15) is 4.79 Å². The van der Waals surface area contributed by atoms with Crippen LogP contribution in [0.2, 0.25) is 0 Å². The Morgan fingerprint density at radius 1 is 1.22 bits per heavy atom. The largest absolute Gasteiger partial charge is 0.446 e. The van der Waals surface area contributed by atoms with Crippen molar-refractivity contribution in [3.63, 3.8) is 0 Å². The molecular formula is C20H29NO2. The van der Waals surface area contributed by atoms with Crippen molar-refractivity contribution in [3.05, 3.63) is 35.4 Å². The summed E-state index contributed by atoms with van der Waals surface area (Å²) in [5.74, 6) is 1.70. The summed E-state index contributed by atoms with van der Waals surface area (Å²) in [7, 11) is 0. The van der Waals surface area contributed by atoms with Gasteiger partial charge in [-0.15, -0.1) is 0 Å². The fourth-order valence-corrected chi connectivity index (χ4v) is 4.27. The minimum Gasteiger partial charge on any atom is -0.446 e. The molecular weight excluding hydrogens is 286 g/mol. The minimum atomic E-state index is -0.239. The van der Waals surface area contributed by atoms with Crippen molar-refractivity contribution in [2.24, 2.45) is 17.8 Å². The van der Waals surface area contributed by atoms with Gasteiger partial charge in [0.1, 0.15) is 6.10 Å². The molecule has 1 aromatic rings. The number of ether oxygens (including phenoxy) is 1. The molecule has 1 amide bonds. The maximum Gasteiger partial charge on any atom is 0.407 e. The topological polar surface area (TPSA) is 38.3 Å². The Kier molecular flexibility index (Phi) is 4.93. The highest BCUT2D eigenvalue weighted by Gasteiger charge is 2.34. The second kappa shape index (κ2) is 6.94. The molecule has 23 heavy (non-hydrogen) atoms. The number of fused-ring (bicyclic) bond motifs is 1. The van der Waals surface area contributed by atoms with Gasteiger partial charge in [-0.05, 0) is 54.6 Å². The van der Waals surface area contributed by atoms with Gasteiger partial charge in [-0.3, -0.25) is 0 Å². The number of carbonyl (C=O) groups is 1. The van der Waals surface area contributed by atoms with E-state index in [4.69, 9.17) is 4.74 Å². The highest BCUT2D eigenvalue weighted by atomic mass is 16.6. The van der Waals surface area contributed by atoms with Gasteiger partial charge >= 0.3 is 6.09 Å². The van der Waals surface area contributed by atoms with Crippen LogP contribution in [0.3, 0.4) is 0 Å². The third-order valence-corrected chi connectivity index (χ3v) is 5.64. The Labute approximate surface area is 139 Å². The summed E-state index contributed by atoms with van der Waals surface area (Å²) in [5, 5.41) is 3.10. The third-order valence-electron chi connectivity index (χ3n) is 5.64. The van der Waals surface area contributed by atoms with Crippen molar-refractivity contribution in [2.45, 2.75) is 65.0 Å². The summed E-state index contributed by atoms with van der Waals surface area (Å²) in [6.07, 6.45) is 5.26. The first-order chi connectivity index (χ1) is 11.0. The molecule has 126 valence electrons. The van der Waals surface area contributed by atoms with Crippen molar-refractivity contribution < 1.29 is 9.53 Å². The summed E-state index contributed by atoms with van der Waals surface area (Å²) in [6, 6.07) is 8.49. The summed E-state index contributed by atoms with van der Waals surface area (Å²) in [4.78, 5) is 12.4. The van der Waals surface area contributed by atoms with Gasteiger partial charge in [0.2, 0.25) is 0 Å². The predicted molar refractivity (Wildman–Crippen MR) is 92.3 cm³/mol. The number of aryl methyl sites for hydroxylation is 1. The number of nitrogens with one attached hydrogen (secondary N) is 1. The smallest absolute Gasteiger partial charge is 0.407 e. The van der Waals surface area contributed by atoms with Gasteiger partial charge < -0.3 is 10.1 Å². The first-order valence-corrected chi connectivity index (χ1v) is 9.09. The second-order valence-corrected chi connectivity index (χ2v) is 7.70. The van der Waals surface area contributed by atoms with Crippen LogP contribution in [0.25, 0.3) is 0 Å². The number of amides is 1. The number of hydrogen-bond donors (Lipinski definition) is 1. The predicted octanol–water partition coefficient (Wildman–Crippen LogP) is 4.86. The van der Waals surface area contributed by atoms with Crippen LogP contribution in [0.4, 0.5) is 4.79 Å². The Balaban J connectivity index is 1.60. The molecule has 0 heterocycles. The molecule has 2 aliphatic rings. The molecule has 1 saturated carbocycles. The zero-order valence-electron chi connectivity index (χ0n) is 14.5. The molecule has 3 nitrogen and oxygen atoms in total. The maximum absolute atomic E-state index is 12.4. The maximum atomic E-state index is 12.4. The van der Waals surface area contributed by atoms with Gasteiger partial charge in [-0.1, -0.05) is 51.5 Å². The first kappa shape index (κ1) is 16.4. The number of rotatable bonds is 3. The molecule has 3 heteroatoms. The molecule has 0 radical (unpaired) electrons. The lowest BCUT2D eigenvalue weighted by molar-refractivity contribution is 0.00494. The summed E-state index contributed by atoms with van der Waals surface area (Å²) >= 11 is 0. The lowest BCUT2D eigenvalue weighted by Crippen LogP contribution is -2.39. The van der Waals surface area contributed by atoms with E-state index in [2.05, 4.69) is 44.3 Å². The lowest BCUT2D eigenvalue weighted by Gasteiger charge is -2.36. The van der Waals surface area contributed by atoms with Crippen LogP contribution in [0.1, 0.15) is 63.6 Å². The zero-order valence-corrected chi connectivity index (χ0v) is 14.5. The highest BCUT2D eigenvalue weighted by molar-refractivity contribution is 5.68. The zero-order chi connectivity index (χ0) is 16.4. The van der Waals surface area contributed by atoms with Crippen LogP contribution in [0, 0.1) is 17.8 Å². The van der Waals surface area contributed by atoms with E-state index in [1.54, 1.807) is 0 Å². The second-order valence-electron chi connectivity index (χ2n) is 7.70. The van der Waals surface area contributed by atoms with Crippen molar-refractivity contribution >= 4 is 6.09 Å². The van der Waals surface area contributed by atoms with E-state index in [0.717, 1.165) is 19.3 Å². The molecule has 0 aliphatic heterocycles. The van der Waals surface area contributed by atoms with Crippen LogP contribution in [0.5, 0.6) is 0 Å². The molecule has 1 fully saturated rings. The van der Waals surface area contributed by atoms with Crippen molar-refractivity contribution in [1.82, 2.24) is 5.32 Å². The van der Waals surface area contributed by atoms with E-state index in [-0.39, 0.29) is 18.2 Å². The average molecular weight is 315 g/mol. The molecule has 1 aromatic carbocycles. The summed E-state index contributed by atoms with van der Waals surface area (Å²) in [6.45, 7) is 6.74. The number of alkyl carbamates (subject to hydrolysis) is 1. The normalized spacial score (nSPS) is 30.1. The molecule has 2 aliphatic carbocycles. The molecule has 0 bridgehead atoms. The summed E-state index contributed by atoms with van der Waals surface area (Å²) in [5.41, 5.74) is 2.60. The monoisotopic (exact) mass is 315 g/mol. The SMILES string of the molecule is CC1CC[C@@H](C(C)C)[C@H](OC(=O)N[C@@H]2CCc3ccccc32)C1. The van der Waals surface area contributed by atoms with E-state index in [1.165, 1.54) is 24.0 Å². The fraction of sp³-hybridized carbons (Fsp3) is 0.650. The number of carbonyl (C=O) groups excluding carboxylic acids is 1. The Bertz CT molecular complexity index is 554. The number of benzene rings is 1. The number of hydrogen-bond acceptors (Lipinski definition) is 2. The molecule has 4 atom stereocenters. The average Bonchev–Trinajstić information content (AvgIpc) is 2.90. The van der Waals surface area contributed by atoms with Crippen LogP contribution in [0.15, 0.2) is 24.3 Å². The molecule has 0 aromatic heterocycles. The van der Waals surface area contributed by atoms with Crippen LogP contribution in [-0.4, -0.2) is 12.2 Å². The van der Waals surface area contributed by atoms with E-state index < -0.39 is 0 Å². The van der Waals surface area contributed by atoms with E-state index >= 15 is 0 Å². The molecule has 0 saturated heterocycles. The van der Waals surface area contributed by atoms with Crippen molar-refractivity contribution in [3.8, 4) is 0 Å². The quantitative estimate of drug-likeness (QED) is 0.865. The Morgan fingerprint density at radius 3 is 2.78 bits per heavy atom. The first-order valence-electron chi connectivity index (χ1n) is 9.09. The van der Waals surface area contributed by atoms with Crippen LogP contribution < -0.4 is 5.32 Å². The van der Waals surface area contributed by atoms with Crippen molar-refractivity contribution in [1.29, 1.82) is 0 Å². The molecule has 1 unspecified atom stereocenters. The standard InChI is InChI=1S/C20H29NO2/c1-13(2)16-10-8-14(3)12-19(16)23-20(22)21-18-11-9-15-6-4-5-7-17(15)18/h4-7,13-14,16,18-19H,8-12H2,1-3H3,(H,21,22)/t14?,16-,18+,19+/m0/s1. The summed E-state index contributed by atoms with van der Waals surface area (Å²) < 4.78 is 5.86. The van der Waals surface area contributed by atoms with E-state index in [0.29, 0.717) is 17.8 Å². The highest BCUT2D eigenvalue weighted by Crippen LogP contribution is 2.36. The Morgan fingerprint density at radius 2 is 2.00 bits per heavy atom. The lowest BCUT2D eigenvalue weighted by atomic mass is 9.75. The van der Waals surface area contributed by atoms with Crippen LogP contribution >= 0.6 is 0 Å². The third kappa shape index (κ3) is 3.70. The molecule has 0 spiro atoms. The van der Waals surface area contributed by atoms with E-state index in [1.807, 2.05) is 6.07 Å². The van der Waals surface area contributed by atoms with Gasteiger partial charge in [0.15, 0.2) is 0 Å². The van der Waals surface area contributed by atoms with Gasteiger partial charge in [-0.2, -0.15) is 0 Å². The molecule has 3 rings (SSSR count). The van der Waals surface area contributed by atoms with Crippen molar-refractivity contribution in [2.75, 3.05) is 0 Å². The van der Waals surface area contributed by atoms with Gasteiger partial charge in [0.05, 0.1) is 6.04 Å². The van der Waals surface area contributed by atoms with Gasteiger partial charge in [0.25, 0.3) is 0 Å². The molecule has 1 N–H and O–H groups in total. The van der Waals surface area contributed by atoms with Gasteiger partial charge in [-0.25, -0.2) is 4.79 Å². The minimum absolute atomic E-state index is 0.0652.